The lowest BCUT2D eigenvalue weighted by atomic mass is 9.95. The van der Waals surface area contributed by atoms with E-state index in [0.29, 0.717) is 0 Å². The Kier molecular flexibility index (Phi) is 2.74. The molecule has 4 nitrogen and oxygen atoms in total. The maximum atomic E-state index is 12.8. The van der Waals surface area contributed by atoms with E-state index in [1.807, 2.05) is 37.3 Å². The summed E-state index contributed by atoms with van der Waals surface area (Å²) in [6, 6.07) is 16.4. The fourth-order valence-corrected chi connectivity index (χ4v) is 4.03. The number of para-hydroxylation sites is 2. The average Bonchev–Trinajstić information content (AvgIpc) is 3.20. The number of carbonyl (C=O) groups is 1. The Morgan fingerprint density at radius 3 is 1.96 bits per heavy atom. The number of aromatic amines is 2. The Bertz CT molecular complexity index is 1310. The number of hydrogen-bond acceptors (Lipinski definition) is 1. The van der Waals surface area contributed by atoms with Gasteiger partial charge in [0.05, 0.1) is 16.6 Å². The molecule has 0 aliphatic carbocycles. The van der Waals surface area contributed by atoms with Gasteiger partial charge >= 0.3 is 0 Å². The van der Waals surface area contributed by atoms with Crippen LogP contribution in [0.2, 0.25) is 0 Å². The molecule has 25 heavy (non-hydrogen) atoms. The van der Waals surface area contributed by atoms with Gasteiger partial charge in [-0.15, -0.1) is 0 Å². The molecule has 0 spiro atoms. The summed E-state index contributed by atoms with van der Waals surface area (Å²) >= 11 is 0. The maximum Gasteiger partial charge on any atom is 0.252 e. The molecule has 122 valence electrons. The zero-order valence-electron chi connectivity index (χ0n) is 14.0. The van der Waals surface area contributed by atoms with Crippen molar-refractivity contribution in [2.45, 2.75) is 6.92 Å². The molecular formula is C21H17N3O. The minimum Gasteiger partial charge on any atom is -0.355 e. The molecule has 5 aromatic rings. The highest BCUT2D eigenvalue weighted by Gasteiger charge is 2.22. The van der Waals surface area contributed by atoms with Gasteiger partial charge in [-0.3, -0.25) is 4.79 Å². The lowest BCUT2D eigenvalue weighted by Gasteiger charge is -2.09. The maximum absolute atomic E-state index is 12.8. The number of carbonyl (C=O) groups excluding carboxylic acids is 1. The molecular weight excluding hydrogens is 310 g/mol. The summed E-state index contributed by atoms with van der Waals surface area (Å²) in [5, 5.41) is 7.10. The predicted octanol–water partition coefficient (Wildman–Crippen LogP) is 4.62. The molecule has 0 aliphatic heterocycles. The highest BCUT2D eigenvalue weighted by molar-refractivity contribution is 6.29. The number of benzene rings is 3. The lowest BCUT2D eigenvalue weighted by Crippen LogP contribution is -2.19. The third kappa shape index (κ3) is 1.74. The molecule has 0 saturated carbocycles. The van der Waals surface area contributed by atoms with Gasteiger partial charge in [0, 0.05) is 39.6 Å². The third-order valence-corrected chi connectivity index (χ3v) is 5.12. The summed E-state index contributed by atoms with van der Waals surface area (Å²) in [6.45, 7) is 2.04. The topological polar surface area (TPSA) is 60.7 Å². The lowest BCUT2D eigenvalue weighted by molar-refractivity contribution is 0.0964. The average molecular weight is 327 g/mol. The summed E-state index contributed by atoms with van der Waals surface area (Å²) in [5.74, 6) is -0.0561. The van der Waals surface area contributed by atoms with Crippen molar-refractivity contribution < 1.29 is 4.79 Å². The van der Waals surface area contributed by atoms with Crippen LogP contribution in [-0.2, 0) is 0 Å². The van der Waals surface area contributed by atoms with Gasteiger partial charge in [-0.1, -0.05) is 36.4 Å². The molecule has 0 atom stereocenters. The standard InChI is InChI=1S/C21H17N3O/c1-11-16-12-7-3-5-9-14(12)23-19(16)20-18(17(11)21(25)22-2)13-8-4-6-10-15(13)24-20/h3-10,23-24H,1-2H3,(H,22,25). The Morgan fingerprint density at radius 1 is 0.840 bits per heavy atom. The SMILES string of the molecule is CNC(=O)c1c(C)c2c3ccccc3[nH]c2c2[nH]c3ccccc3c12. The zero-order chi connectivity index (χ0) is 17.1. The van der Waals surface area contributed by atoms with E-state index >= 15 is 0 Å². The van der Waals surface area contributed by atoms with Gasteiger partial charge in [-0.2, -0.15) is 0 Å². The Morgan fingerprint density at radius 2 is 1.36 bits per heavy atom. The summed E-state index contributed by atoms with van der Waals surface area (Å²) in [7, 11) is 1.68. The monoisotopic (exact) mass is 327 g/mol. The highest BCUT2D eigenvalue weighted by atomic mass is 16.1. The first kappa shape index (κ1) is 14.1. The number of fused-ring (bicyclic) bond motifs is 7. The van der Waals surface area contributed by atoms with E-state index in [0.717, 1.165) is 54.7 Å². The Hall–Kier alpha value is -3.27. The number of amides is 1. The molecule has 5 rings (SSSR count). The van der Waals surface area contributed by atoms with Gasteiger partial charge in [0.15, 0.2) is 0 Å². The van der Waals surface area contributed by atoms with E-state index in [4.69, 9.17) is 0 Å². The minimum atomic E-state index is -0.0561. The predicted molar refractivity (Wildman–Crippen MR) is 103 cm³/mol. The van der Waals surface area contributed by atoms with Crippen LogP contribution in [-0.4, -0.2) is 22.9 Å². The molecule has 0 saturated heterocycles. The quantitative estimate of drug-likeness (QED) is 0.413. The second-order valence-electron chi connectivity index (χ2n) is 6.42. The molecule has 0 aliphatic rings. The largest absolute Gasteiger partial charge is 0.355 e. The van der Waals surface area contributed by atoms with E-state index in [-0.39, 0.29) is 5.91 Å². The van der Waals surface area contributed by atoms with E-state index in [1.165, 1.54) is 0 Å². The number of aryl methyl sites for hydroxylation is 1. The fourth-order valence-electron chi connectivity index (χ4n) is 4.03. The van der Waals surface area contributed by atoms with Crippen LogP contribution in [0.4, 0.5) is 0 Å². The van der Waals surface area contributed by atoms with E-state index in [9.17, 15) is 4.79 Å². The van der Waals surface area contributed by atoms with Crippen LogP contribution < -0.4 is 5.32 Å². The van der Waals surface area contributed by atoms with Crippen molar-refractivity contribution in [1.82, 2.24) is 15.3 Å². The zero-order valence-corrected chi connectivity index (χ0v) is 14.0. The molecule has 0 radical (unpaired) electrons. The van der Waals surface area contributed by atoms with Crippen molar-refractivity contribution in [2.24, 2.45) is 0 Å². The molecule has 0 bridgehead atoms. The first-order valence-electron chi connectivity index (χ1n) is 8.36. The van der Waals surface area contributed by atoms with Crippen LogP contribution in [0.5, 0.6) is 0 Å². The highest BCUT2D eigenvalue weighted by Crippen LogP contribution is 2.39. The third-order valence-electron chi connectivity index (χ3n) is 5.12. The summed E-state index contributed by atoms with van der Waals surface area (Å²) in [6.07, 6.45) is 0. The number of rotatable bonds is 1. The first-order valence-corrected chi connectivity index (χ1v) is 8.36. The number of aromatic nitrogens is 2. The van der Waals surface area contributed by atoms with Crippen LogP contribution in [0.3, 0.4) is 0 Å². The molecule has 0 fully saturated rings. The van der Waals surface area contributed by atoms with Gasteiger partial charge in [-0.25, -0.2) is 0 Å². The second kappa shape index (κ2) is 4.86. The van der Waals surface area contributed by atoms with Crippen molar-refractivity contribution >= 4 is 49.5 Å². The van der Waals surface area contributed by atoms with Crippen molar-refractivity contribution in [2.75, 3.05) is 7.05 Å². The van der Waals surface area contributed by atoms with E-state index in [2.05, 4.69) is 33.5 Å². The molecule has 0 unspecified atom stereocenters. The van der Waals surface area contributed by atoms with Crippen LogP contribution in [0.1, 0.15) is 15.9 Å². The molecule has 1 amide bonds. The number of nitrogens with one attached hydrogen (secondary N) is 3. The van der Waals surface area contributed by atoms with Crippen LogP contribution in [0.25, 0.3) is 43.6 Å². The van der Waals surface area contributed by atoms with Crippen molar-refractivity contribution in [3.05, 3.63) is 59.7 Å². The van der Waals surface area contributed by atoms with Gasteiger partial charge in [-0.05, 0) is 24.6 Å². The van der Waals surface area contributed by atoms with Crippen molar-refractivity contribution in [3.8, 4) is 0 Å². The summed E-state index contributed by atoms with van der Waals surface area (Å²) in [5.41, 5.74) is 5.90. The number of hydrogen-bond donors (Lipinski definition) is 3. The molecule has 3 aromatic carbocycles. The van der Waals surface area contributed by atoms with Gasteiger partial charge in [0.1, 0.15) is 0 Å². The molecule has 4 heteroatoms. The summed E-state index contributed by atoms with van der Waals surface area (Å²) < 4.78 is 0. The second-order valence-corrected chi connectivity index (χ2v) is 6.42. The van der Waals surface area contributed by atoms with Gasteiger partial charge in [0.2, 0.25) is 0 Å². The normalized spacial score (nSPS) is 11.8. The molecule has 3 N–H and O–H groups in total. The van der Waals surface area contributed by atoms with Crippen LogP contribution in [0, 0.1) is 6.92 Å². The van der Waals surface area contributed by atoms with Crippen LogP contribution >= 0.6 is 0 Å². The minimum absolute atomic E-state index is 0.0561. The molecule has 2 aromatic heterocycles. The van der Waals surface area contributed by atoms with E-state index in [1.54, 1.807) is 7.05 Å². The van der Waals surface area contributed by atoms with Crippen LogP contribution in [0.15, 0.2) is 48.5 Å². The first-order chi connectivity index (χ1) is 12.2. The fraction of sp³-hybridized carbons (Fsp3) is 0.0952. The summed E-state index contributed by atoms with van der Waals surface area (Å²) in [4.78, 5) is 19.8. The number of H-pyrrole nitrogens is 2. The Labute approximate surface area is 143 Å². The van der Waals surface area contributed by atoms with Gasteiger partial charge in [0.25, 0.3) is 5.91 Å². The smallest absolute Gasteiger partial charge is 0.252 e. The Balaban J connectivity index is 2.15. The van der Waals surface area contributed by atoms with E-state index < -0.39 is 0 Å². The molecule has 2 heterocycles. The van der Waals surface area contributed by atoms with Crippen molar-refractivity contribution in [1.29, 1.82) is 0 Å². The van der Waals surface area contributed by atoms with Gasteiger partial charge < -0.3 is 15.3 Å². The van der Waals surface area contributed by atoms with Crippen molar-refractivity contribution in [3.63, 3.8) is 0 Å².